The monoisotopic (exact) mass is 164 g/mol. The Morgan fingerprint density at radius 3 is 2.83 bits per heavy atom. The van der Waals surface area contributed by atoms with Crippen LogP contribution in [-0.2, 0) is 0 Å². The molecule has 0 spiro atoms. The van der Waals surface area contributed by atoms with Gasteiger partial charge < -0.3 is 5.73 Å². The van der Waals surface area contributed by atoms with Crippen molar-refractivity contribution < 1.29 is 4.68 Å². The van der Waals surface area contributed by atoms with Crippen molar-refractivity contribution in [3.8, 4) is 0 Å². The molecule has 0 saturated heterocycles. The molecule has 0 amide bonds. The van der Waals surface area contributed by atoms with Gasteiger partial charge in [-0.05, 0) is 17.6 Å². The highest BCUT2D eigenvalue weighted by atomic mass is 15.3. The molecule has 3 heteroatoms. The lowest BCUT2D eigenvalue weighted by atomic mass is 10.2. The highest BCUT2D eigenvalue weighted by Gasteiger charge is 2.29. The summed E-state index contributed by atoms with van der Waals surface area (Å²) in [4.78, 5) is 0. The Morgan fingerprint density at radius 2 is 2.25 bits per heavy atom. The van der Waals surface area contributed by atoms with E-state index in [1.165, 1.54) is 6.42 Å². The van der Waals surface area contributed by atoms with Gasteiger partial charge in [0, 0.05) is 24.9 Å². The maximum Gasteiger partial charge on any atom is 0.196 e. The standard InChI is InChI=1S/C9H14N3/c10-8-3-4-9(7-8)12-6-2-1-5-11-12/h1-2,5-6,8-9H,3-4,7,10H2/q+1. The van der Waals surface area contributed by atoms with Crippen molar-refractivity contribution in [1.29, 1.82) is 0 Å². The Hall–Kier alpha value is -0.960. The Morgan fingerprint density at radius 1 is 1.33 bits per heavy atom. The van der Waals surface area contributed by atoms with Crippen molar-refractivity contribution in [3.63, 3.8) is 0 Å². The minimum Gasteiger partial charge on any atom is -0.327 e. The van der Waals surface area contributed by atoms with Crippen LogP contribution < -0.4 is 10.4 Å². The summed E-state index contributed by atoms with van der Waals surface area (Å²) in [6, 6.07) is 4.85. The molecule has 0 aromatic carbocycles. The van der Waals surface area contributed by atoms with Crippen molar-refractivity contribution in [2.24, 2.45) is 5.73 Å². The number of rotatable bonds is 1. The van der Waals surface area contributed by atoms with Gasteiger partial charge in [0.2, 0.25) is 0 Å². The first-order chi connectivity index (χ1) is 5.86. The van der Waals surface area contributed by atoms with E-state index >= 15 is 0 Å². The van der Waals surface area contributed by atoms with Crippen LogP contribution in [-0.4, -0.2) is 11.1 Å². The molecule has 12 heavy (non-hydrogen) atoms. The molecule has 2 unspecified atom stereocenters. The highest BCUT2D eigenvalue weighted by molar-refractivity contribution is 4.79. The van der Waals surface area contributed by atoms with Crippen molar-refractivity contribution in [1.82, 2.24) is 5.10 Å². The van der Waals surface area contributed by atoms with Crippen molar-refractivity contribution in [3.05, 3.63) is 24.5 Å². The van der Waals surface area contributed by atoms with E-state index in [0.717, 1.165) is 12.8 Å². The zero-order valence-electron chi connectivity index (χ0n) is 7.06. The summed E-state index contributed by atoms with van der Waals surface area (Å²) in [6.45, 7) is 0. The molecule has 1 aliphatic rings. The van der Waals surface area contributed by atoms with Crippen molar-refractivity contribution >= 4 is 0 Å². The van der Waals surface area contributed by atoms with Gasteiger partial charge in [0.05, 0.1) is 6.20 Å². The number of hydrogen-bond donors (Lipinski definition) is 1. The number of hydrogen-bond acceptors (Lipinski definition) is 2. The van der Waals surface area contributed by atoms with E-state index in [4.69, 9.17) is 5.73 Å². The summed E-state index contributed by atoms with van der Waals surface area (Å²) in [5, 5.41) is 4.26. The van der Waals surface area contributed by atoms with Gasteiger partial charge in [0.15, 0.2) is 12.2 Å². The zero-order valence-corrected chi connectivity index (χ0v) is 7.06. The second kappa shape index (κ2) is 3.19. The molecule has 0 aliphatic heterocycles. The highest BCUT2D eigenvalue weighted by Crippen LogP contribution is 2.23. The average Bonchev–Trinajstić information content (AvgIpc) is 2.54. The Bertz CT molecular complexity index is 247. The molecule has 1 aromatic rings. The first kappa shape index (κ1) is 7.68. The molecule has 2 N–H and O–H groups in total. The lowest BCUT2D eigenvalue weighted by molar-refractivity contribution is -0.776. The molecule has 3 nitrogen and oxygen atoms in total. The maximum atomic E-state index is 5.82. The molecule has 1 heterocycles. The second-order valence-electron chi connectivity index (χ2n) is 3.41. The Kier molecular flexibility index (Phi) is 2.04. The number of nitrogens with two attached hydrogens (primary N) is 1. The van der Waals surface area contributed by atoms with Gasteiger partial charge in [-0.25, -0.2) is 0 Å². The first-order valence-electron chi connectivity index (χ1n) is 4.44. The molecule has 1 saturated carbocycles. The predicted octanol–water partition coefficient (Wildman–Crippen LogP) is 0.421. The third kappa shape index (κ3) is 1.46. The van der Waals surface area contributed by atoms with E-state index in [2.05, 4.69) is 5.10 Å². The molecular formula is C9H14N3+. The molecule has 1 aliphatic carbocycles. The van der Waals surface area contributed by atoms with E-state index in [1.54, 1.807) is 0 Å². The first-order valence-corrected chi connectivity index (χ1v) is 4.44. The van der Waals surface area contributed by atoms with Gasteiger partial charge in [-0.2, -0.15) is 0 Å². The van der Waals surface area contributed by atoms with E-state index in [-0.39, 0.29) is 0 Å². The van der Waals surface area contributed by atoms with Crippen LogP contribution in [0.1, 0.15) is 25.3 Å². The van der Waals surface area contributed by atoms with Crippen LogP contribution in [0.5, 0.6) is 0 Å². The summed E-state index contributed by atoms with van der Waals surface area (Å²) >= 11 is 0. The molecular weight excluding hydrogens is 150 g/mol. The van der Waals surface area contributed by atoms with Gasteiger partial charge in [0.25, 0.3) is 0 Å². The molecule has 2 rings (SSSR count). The molecule has 1 fully saturated rings. The fourth-order valence-electron chi connectivity index (χ4n) is 1.79. The molecule has 2 atom stereocenters. The van der Waals surface area contributed by atoms with Crippen LogP contribution >= 0.6 is 0 Å². The number of nitrogens with zero attached hydrogens (tertiary/aromatic N) is 2. The molecule has 0 radical (unpaired) electrons. The van der Waals surface area contributed by atoms with Gasteiger partial charge in [-0.3, -0.25) is 0 Å². The van der Waals surface area contributed by atoms with E-state index in [0.29, 0.717) is 12.1 Å². The quantitative estimate of drug-likeness (QED) is 0.611. The minimum atomic E-state index is 0.379. The lowest BCUT2D eigenvalue weighted by Gasteiger charge is -2.00. The van der Waals surface area contributed by atoms with E-state index in [9.17, 15) is 0 Å². The topological polar surface area (TPSA) is 42.8 Å². The molecule has 1 aromatic heterocycles. The number of aromatic nitrogens is 2. The van der Waals surface area contributed by atoms with E-state index < -0.39 is 0 Å². The predicted molar refractivity (Wildman–Crippen MR) is 45.3 cm³/mol. The lowest BCUT2D eigenvalue weighted by Crippen LogP contribution is -2.41. The van der Waals surface area contributed by atoms with Crippen LogP contribution in [0.15, 0.2) is 24.5 Å². The van der Waals surface area contributed by atoms with Crippen LogP contribution in [0.4, 0.5) is 0 Å². The third-order valence-corrected chi connectivity index (χ3v) is 2.46. The third-order valence-electron chi connectivity index (χ3n) is 2.46. The van der Waals surface area contributed by atoms with Crippen LogP contribution in [0.3, 0.4) is 0 Å². The fraction of sp³-hybridized carbons (Fsp3) is 0.556. The van der Waals surface area contributed by atoms with Gasteiger partial charge in [-0.1, -0.05) is 4.68 Å². The van der Waals surface area contributed by atoms with Crippen LogP contribution in [0.25, 0.3) is 0 Å². The largest absolute Gasteiger partial charge is 0.327 e. The van der Waals surface area contributed by atoms with Crippen molar-refractivity contribution in [2.45, 2.75) is 31.3 Å². The minimum absolute atomic E-state index is 0.379. The van der Waals surface area contributed by atoms with Gasteiger partial charge in [0.1, 0.15) is 0 Å². The van der Waals surface area contributed by atoms with Gasteiger partial charge in [-0.15, -0.1) is 0 Å². The smallest absolute Gasteiger partial charge is 0.196 e. The normalized spacial score (nSPS) is 29.1. The molecule has 0 bridgehead atoms. The Labute approximate surface area is 72.2 Å². The summed E-state index contributed by atoms with van der Waals surface area (Å²) in [5.74, 6) is 0. The van der Waals surface area contributed by atoms with Crippen LogP contribution in [0.2, 0.25) is 0 Å². The fourth-order valence-corrected chi connectivity index (χ4v) is 1.79. The Balaban J connectivity index is 2.11. The second-order valence-corrected chi connectivity index (χ2v) is 3.41. The van der Waals surface area contributed by atoms with E-state index in [1.807, 2.05) is 29.2 Å². The SMILES string of the molecule is NC1CCC([n+]2ccccn2)C1. The maximum absolute atomic E-state index is 5.82. The summed E-state index contributed by atoms with van der Waals surface area (Å²) in [7, 11) is 0. The zero-order chi connectivity index (χ0) is 8.39. The summed E-state index contributed by atoms with van der Waals surface area (Å²) < 4.78 is 2.02. The van der Waals surface area contributed by atoms with Crippen molar-refractivity contribution in [2.75, 3.05) is 0 Å². The van der Waals surface area contributed by atoms with Crippen LogP contribution in [0, 0.1) is 0 Å². The summed E-state index contributed by atoms with van der Waals surface area (Å²) in [6.07, 6.45) is 7.21. The molecule has 64 valence electrons. The van der Waals surface area contributed by atoms with Gasteiger partial charge >= 0.3 is 0 Å². The average molecular weight is 164 g/mol. The summed E-state index contributed by atoms with van der Waals surface area (Å²) in [5.41, 5.74) is 5.82.